The summed E-state index contributed by atoms with van der Waals surface area (Å²) in [6, 6.07) is 0. The molecule has 0 heterocycles. The van der Waals surface area contributed by atoms with E-state index in [0.717, 1.165) is 0 Å². The Morgan fingerprint density at radius 3 is 1.71 bits per heavy atom. The minimum atomic E-state index is -0.741. The molecule has 0 unspecified atom stereocenters. The van der Waals surface area contributed by atoms with Crippen LogP contribution in [0.2, 0.25) is 3.26 Å². The van der Waals surface area contributed by atoms with E-state index < -0.39 is 5.97 Å². The van der Waals surface area contributed by atoms with E-state index in [1.807, 2.05) is 0 Å². The van der Waals surface area contributed by atoms with E-state index in [2.05, 4.69) is 0 Å². The molecule has 0 bridgehead atoms. The van der Waals surface area contributed by atoms with Crippen LogP contribution in [0.1, 0.15) is 0 Å². The third-order valence-corrected chi connectivity index (χ3v) is 0.494. The molecule has 0 fully saturated rings. The zero-order valence-electron chi connectivity index (χ0n) is 4.93. The first-order valence-corrected chi connectivity index (χ1v) is 1.87. The summed E-state index contributed by atoms with van der Waals surface area (Å²) in [5, 5.41) is 7.99. The molecule has 0 aliphatic carbocycles. The predicted octanol–water partition coefficient (Wildman–Crippen LogP) is -1.23. The van der Waals surface area contributed by atoms with Crippen LogP contribution in [-0.2, 0) is 4.79 Å². The third-order valence-electron chi connectivity index (χ3n) is 0.494. The second-order valence-corrected chi connectivity index (χ2v) is 1.49. The van der Waals surface area contributed by atoms with Crippen molar-refractivity contribution >= 4 is 60.3 Å². The molecule has 1 N–H and O–H groups in total. The van der Waals surface area contributed by atoms with Crippen LogP contribution >= 0.6 is 0 Å². The van der Waals surface area contributed by atoms with Crippen LogP contribution in [0, 0.1) is 0 Å². The van der Waals surface area contributed by atoms with E-state index >= 15 is 0 Å². The van der Waals surface area contributed by atoms with Gasteiger partial charge in [0.1, 0.15) is 0 Å². The molecule has 7 heavy (non-hydrogen) atoms. The Kier molecular flexibility index (Phi) is 8.57. The van der Waals surface area contributed by atoms with Gasteiger partial charge in [-0.25, -0.2) is 0 Å². The summed E-state index contributed by atoms with van der Waals surface area (Å²) in [4.78, 5) is 9.70. The molecule has 0 aromatic heterocycles. The molecule has 0 atom stereocenters. The fourth-order valence-corrected chi connectivity index (χ4v) is 0. The first kappa shape index (κ1) is 11.1. The fraction of sp³-hybridized carbons (Fsp3) is 0.500. The van der Waals surface area contributed by atoms with Crippen LogP contribution in [0.5, 0.6) is 0 Å². The molecule has 0 saturated carbocycles. The van der Waals surface area contributed by atoms with Crippen molar-refractivity contribution in [3.63, 3.8) is 0 Å². The van der Waals surface area contributed by atoms with E-state index in [9.17, 15) is 4.79 Å². The molecule has 0 saturated heterocycles. The molecule has 0 aromatic rings. The summed E-state index contributed by atoms with van der Waals surface area (Å²) in [5.74, 6) is -0.741. The number of carbonyl (C=O) groups is 1. The molecule has 0 aliphatic heterocycles. The monoisotopic (exact) mass is 79.1 g/mol. The van der Waals surface area contributed by atoms with Crippen LogP contribution in [-0.4, -0.2) is 65.4 Å². The van der Waals surface area contributed by atoms with E-state index in [0.29, 0.717) is 0 Å². The number of carboxylic acid groups (broad SMARTS) is 1. The van der Waals surface area contributed by atoms with Crippen molar-refractivity contribution in [2.75, 3.05) is 0 Å². The Balaban J connectivity index is 0. The zero-order valence-corrected chi connectivity index (χ0v) is 4.93. The van der Waals surface area contributed by atoms with Gasteiger partial charge in [-0.15, -0.1) is 0 Å². The molecule has 0 rings (SSSR count). The van der Waals surface area contributed by atoms with Crippen LogP contribution < -0.4 is 0 Å². The Bertz CT molecular complexity index is 62.0. The van der Waals surface area contributed by atoms with Crippen LogP contribution in [0.3, 0.4) is 0 Å². The van der Waals surface area contributed by atoms with E-state index in [4.69, 9.17) is 5.11 Å². The Morgan fingerprint density at radius 2 is 1.71 bits per heavy atom. The van der Waals surface area contributed by atoms with Gasteiger partial charge in [-0.1, -0.05) is 0 Å². The molecule has 0 spiro atoms. The van der Waals surface area contributed by atoms with Gasteiger partial charge in [0.15, 0.2) is 0 Å². The van der Waals surface area contributed by atoms with Crippen molar-refractivity contribution in [1.29, 1.82) is 0 Å². The Labute approximate surface area is 73.0 Å². The first-order chi connectivity index (χ1) is 2.64. The summed E-state index contributed by atoms with van der Waals surface area (Å²) in [5.41, 5.74) is 0. The van der Waals surface area contributed by atoms with Gasteiger partial charge < -0.3 is 0 Å². The maximum absolute atomic E-state index is 9.70. The normalized spacial score (nSPS) is 8.14. The standard InChI is InChI=1S/C2H2O2.3Li/c1-2(3)4;;;/h1H,(H,3,4);;;. The average Bonchev–Trinajstić information content (AvgIpc) is 1.36. The van der Waals surface area contributed by atoms with E-state index in [-0.39, 0.29) is 22.1 Å². The van der Waals surface area contributed by atoms with E-state index in [1.165, 1.54) is 0 Å². The van der Waals surface area contributed by atoms with Crippen LogP contribution in [0.4, 0.5) is 0 Å². The van der Waals surface area contributed by atoms with Gasteiger partial charge in [-0.2, -0.15) is 0 Å². The van der Waals surface area contributed by atoms with Gasteiger partial charge in [0.2, 0.25) is 0 Å². The maximum atomic E-state index is 9.70. The second-order valence-electron chi connectivity index (χ2n) is 1.49. The van der Waals surface area contributed by atoms with E-state index in [1.54, 1.807) is 35.4 Å². The number of aliphatic carboxylic acids is 1. The average molecular weight is 78.9 g/mol. The SMILES string of the molecule is [Li].[Li][CH]([Li])C(=O)O. The molecule has 1 radical (unpaired) electrons. The van der Waals surface area contributed by atoms with Crippen LogP contribution in [0.25, 0.3) is 0 Å². The Hall–Kier alpha value is 1.26. The van der Waals surface area contributed by atoms with Gasteiger partial charge in [0.05, 0.1) is 0 Å². The van der Waals surface area contributed by atoms with Gasteiger partial charge >= 0.3 is 54.6 Å². The van der Waals surface area contributed by atoms with Crippen molar-refractivity contribution in [2.45, 2.75) is 3.26 Å². The number of carboxylic acids is 1. The zero-order chi connectivity index (χ0) is 5.15. The van der Waals surface area contributed by atoms with Gasteiger partial charge in [0.25, 0.3) is 0 Å². The summed E-state index contributed by atoms with van der Waals surface area (Å²) in [7, 11) is 0. The summed E-state index contributed by atoms with van der Waals surface area (Å²) < 4.78 is -0.231. The quantitative estimate of drug-likeness (QED) is 0.399. The molecular formula is C2H2Li3O2. The predicted molar refractivity (Wildman–Crippen MR) is 28.6 cm³/mol. The summed E-state index contributed by atoms with van der Waals surface area (Å²) >= 11 is 3.28. The molecule has 2 nitrogen and oxygen atoms in total. The summed E-state index contributed by atoms with van der Waals surface area (Å²) in [6.45, 7) is 0. The van der Waals surface area contributed by atoms with Crippen molar-refractivity contribution in [3.05, 3.63) is 0 Å². The van der Waals surface area contributed by atoms with Crippen molar-refractivity contribution in [1.82, 2.24) is 0 Å². The van der Waals surface area contributed by atoms with Crippen molar-refractivity contribution in [2.24, 2.45) is 0 Å². The molecule has 0 aliphatic rings. The number of hydrogen-bond acceptors (Lipinski definition) is 1. The Morgan fingerprint density at radius 1 is 1.57 bits per heavy atom. The molecule has 25 valence electrons. The fourth-order valence-electron chi connectivity index (χ4n) is 0. The van der Waals surface area contributed by atoms with Crippen molar-refractivity contribution < 1.29 is 9.90 Å². The van der Waals surface area contributed by atoms with Gasteiger partial charge in [-0.3, -0.25) is 0 Å². The topological polar surface area (TPSA) is 37.3 Å². The van der Waals surface area contributed by atoms with Crippen molar-refractivity contribution in [3.8, 4) is 0 Å². The number of rotatable bonds is 1. The first-order valence-electron chi connectivity index (χ1n) is 1.87. The molecule has 0 amide bonds. The number of hydrogen-bond donors (Lipinski definition) is 1. The van der Waals surface area contributed by atoms with Gasteiger partial charge in [-0.05, 0) is 0 Å². The van der Waals surface area contributed by atoms with Crippen LogP contribution in [0.15, 0.2) is 0 Å². The van der Waals surface area contributed by atoms with Gasteiger partial charge in [0, 0.05) is 18.9 Å². The molecular weight excluding hydrogens is 76.8 g/mol. The third kappa shape index (κ3) is 7.26. The molecule has 5 heteroatoms. The summed E-state index contributed by atoms with van der Waals surface area (Å²) in [6.07, 6.45) is 0. The minimum absolute atomic E-state index is 0. The molecule has 0 aromatic carbocycles. The second kappa shape index (κ2) is 5.40.